The minimum atomic E-state index is -1.15. The number of thiophene rings is 1. The number of likely N-dealkylation sites (tertiary alicyclic amines) is 1. The van der Waals surface area contributed by atoms with Crippen LogP contribution in [0.3, 0.4) is 0 Å². The highest BCUT2D eigenvalue weighted by atomic mass is 35.5. The molecule has 0 bridgehead atoms. The van der Waals surface area contributed by atoms with Crippen LogP contribution < -0.4 is 10.6 Å². The van der Waals surface area contributed by atoms with Crippen LogP contribution in [0.4, 0.5) is 5.69 Å². The molecule has 1 fully saturated rings. The van der Waals surface area contributed by atoms with Crippen LogP contribution in [0.1, 0.15) is 52.3 Å². The standard InChI is InChI=1S/C23H28ClN3O4S/c1-14-12-15(7-8-17(14)21(29)27-11-5-6-16(27)13-31-4)25-22(30)23(2,3)26-20(28)18-9-10-19(24)32-18/h7-10,12,16H,5-6,11,13H2,1-4H3,(H,25,30)(H,26,28). The Kier molecular flexibility index (Phi) is 7.59. The molecular weight excluding hydrogens is 450 g/mol. The smallest absolute Gasteiger partial charge is 0.262 e. The Labute approximate surface area is 197 Å². The molecule has 9 heteroatoms. The first-order valence-electron chi connectivity index (χ1n) is 10.4. The number of benzene rings is 1. The third-order valence-electron chi connectivity index (χ3n) is 5.50. The summed E-state index contributed by atoms with van der Waals surface area (Å²) in [5.74, 6) is -0.760. The lowest BCUT2D eigenvalue weighted by molar-refractivity contribution is -0.120. The van der Waals surface area contributed by atoms with Crippen LogP contribution in [0, 0.1) is 6.92 Å². The largest absolute Gasteiger partial charge is 0.383 e. The van der Waals surface area contributed by atoms with Crippen LogP contribution in [0.15, 0.2) is 30.3 Å². The highest BCUT2D eigenvalue weighted by Gasteiger charge is 2.32. The van der Waals surface area contributed by atoms with E-state index >= 15 is 0 Å². The van der Waals surface area contributed by atoms with Crippen molar-refractivity contribution in [3.8, 4) is 0 Å². The van der Waals surface area contributed by atoms with Crippen molar-refractivity contribution in [1.29, 1.82) is 0 Å². The third-order valence-corrected chi connectivity index (χ3v) is 6.73. The number of hydrogen-bond acceptors (Lipinski definition) is 5. The van der Waals surface area contributed by atoms with Crippen LogP contribution in [-0.2, 0) is 9.53 Å². The molecule has 1 atom stereocenters. The molecule has 2 N–H and O–H groups in total. The highest BCUT2D eigenvalue weighted by molar-refractivity contribution is 7.18. The lowest BCUT2D eigenvalue weighted by Gasteiger charge is -2.26. The number of aryl methyl sites for hydroxylation is 1. The summed E-state index contributed by atoms with van der Waals surface area (Å²) in [5.41, 5.74) is 0.776. The molecule has 3 amide bonds. The lowest BCUT2D eigenvalue weighted by atomic mass is 10.0. The Bertz CT molecular complexity index is 1020. The molecule has 0 radical (unpaired) electrons. The van der Waals surface area contributed by atoms with Gasteiger partial charge < -0.3 is 20.3 Å². The molecule has 2 heterocycles. The molecule has 7 nitrogen and oxygen atoms in total. The second kappa shape index (κ2) is 10.0. The van der Waals surface area contributed by atoms with Gasteiger partial charge in [0, 0.05) is 24.9 Å². The number of methoxy groups -OCH3 is 1. The number of carbonyl (C=O) groups excluding carboxylic acids is 3. The van der Waals surface area contributed by atoms with E-state index in [1.54, 1.807) is 51.3 Å². The summed E-state index contributed by atoms with van der Waals surface area (Å²) in [6.45, 7) is 6.34. The van der Waals surface area contributed by atoms with Gasteiger partial charge in [-0.2, -0.15) is 0 Å². The van der Waals surface area contributed by atoms with Gasteiger partial charge in [0.05, 0.1) is 21.9 Å². The first-order valence-corrected chi connectivity index (χ1v) is 11.6. The van der Waals surface area contributed by atoms with Gasteiger partial charge in [0.1, 0.15) is 5.54 Å². The molecule has 1 saturated heterocycles. The van der Waals surface area contributed by atoms with Gasteiger partial charge in [0.15, 0.2) is 0 Å². The number of ether oxygens (including phenoxy) is 1. The summed E-state index contributed by atoms with van der Waals surface area (Å²) in [4.78, 5) is 40.6. The Morgan fingerprint density at radius 1 is 1.25 bits per heavy atom. The van der Waals surface area contributed by atoms with Gasteiger partial charge in [0.25, 0.3) is 11.8 Å². The Balaban J connectivity index is 1.67. The van der Waals surface area contributed by atoms with E-state index in [1.165, 1.54) is 0 Å². The van der Waals surface area contributed by atoms with Crippen molar-refractivity contribution < 1.29 is 19.1 Å². The minimum absolute atomic E-state index is 0.0258. The Morgan fingerprint density at radius 2 is 2.00 bits per heavy atom. The maximum Gasteiger partial charge on any atom is 0.262 e. The zero-order chi connectivity index (χ0) is 23.5. The second-order valence-corrected chi connectivity index (χ2v) is 10.1. The van der Waals surface area contributed by atoms with Crippen molar-refractivity contribution in [2.75, 3.05) is 25.6 Å². The van der Waals surface area contributed by atoms with E-state index in [1.807, 2.05) is 11.8 Å². The van der Waals surface area contributed by atoms with E-state index in [2.05, 4.69) is 10.6 Å². The Hall–Kier alpha value is -2.42. The van der Waals surface area contributed by atoms with Crippen molar-refractivity contribution in [1.82, 2.24) is 10.2 Å². The van der Waals surface area contributed by atoms with Gasteiger partial charge >= 0.3 is 0 Å². The normalized spacial score (nSPS) is 16.2. The maximum atomic E-state index is 13.0. The molecule has 3 rings (SSSR count). The van der Waals surface area contributed by atoms with Gasteiger partial charge in [0.2, 0.25) is 5.91 Å². The number of halogens is 1. The summed E-state index contributed by atoms with van der Waals surface area (Å²) in [6.07, 6.45) is 1.90. The average molecular weight is 478 g/mol. The molecular formula is C23H28ClN3O4S. The third kappa shape index (κ3) is 5.49. The van der Waals surface area contributed by atoms with E-state index in [0.29, 0.717) is 33.6 Å². The molecule has 32 heavy (non-hydrogen) atoms. The number of rotatable bonds is 7. The SMILES string of the molecule is COCC1CCCN1C(=O)c1ccc(NC(=O)C(C)(C)NC(=O)c2ccc(Cl)s2)cc1C. The molecule has 1 unspecified atom stereocenters. The van der Waals surface area contributed by atoms with Crippen LogP contribution in [0.25, 0.3) is 0 Å². The topological polar surface area (TPSA) is 87.7 Å². The van der Waals surface area contributed by atoms with Gasteiger partial charge in [-0.15, -0.1) is 11.3 Å². The van der Waals surface area contributed by atoms with Crippen molar-refractivity contribution >= 4 is 46.3 Å². The first-order chi connectivity index (χ1) is 15.1. The van der Waals surface area contributed by atoms with Crippen LogP contribution in [0.2, 0.25) is 4.34 Å². The highest BCUT2D eigenvalue weighted by Crippen LogP contribution is 2.25. The number of carbonyl (C=O) groups is 3. The molecule has 2 aromatic rings. The average Bonchev–Trinajstić information content (AvgIpc) is 3.36. The molecule has 1 aliphatic rings. The fraction of sp³-hybridized carbons (Fsp3) is 0.435. The quantitative estimate of drug-likeness (QED) is 0.628. The molecule has 0 spiro atoms. The summed E-state index contributed by atoms with van der Waals surface area (Å²) < 4.78 is 5.75. The van der Waals surface area contributed by atoms with Gasteiger partial charge in [-0.3, -0.25) is 14.4 Å². The van der Waals surface area contributed by atoms with E-state index in [-0.39, 0.29) is 23.8 Å². The summed E-state index contributed by atoms with van der Waals surface area (Å²) in [5, 5.41) is 5.56. The maximum absolute atomic E-state index is 13.0. The zero-order valence-electron chi connectivity index (χ0n) is 18.7. The monoisotopic (exact) mass is 477 g/mol. The first kappa shape index (κ1) is 24.2. The van der Waals surface area contributed by atoms with Crippen molar-refractivity contribution in [2.24, 2.45) is 0 Å². The fourth-order valence-corrected chi connectivity index (χ4v) is 4.67. The number of amides is 3. The second-order valence-electron chi connectivity index (χ2n) is 8.42. The summed E-state index contributed by atoms with van der Waals surface area (Å²) in [6, 6.07) is 8.55. The lowest BCUT2D eigenvalue weighted by Crippen LogP contribution is -2.52. The predicted molar refractivity (Wildman–Crippen MR) is 127 cm³/mol. The van der Waals surface area contributed by atoms with Gasteiger partial charge in [-0.05, 0) is 69.5 Å². The zero-order valence-corrected chi connectivity index (χ0v) is 20.2. The predicted octanol–water partition coefficient (Wildman–Crippen LogP) is 4.11. The molecule has 0 aliphatic carbocycles. The number of nitrogens with one attached hydrogen (secondary N) is 2. The minimum Gasteiger partial charge on any atom is -0.383 e. The van der Waals surface area contributed by atoms with Crippen LogP contribution in [-0.4, -0.2) is 54.5 Å². The molecule has 172 valence electrons. The summed E-state index contributed by atoms with van der Waals surface area (Å²) in [7, 11) is 1.64. The molecule has 0 saturated carbocycles. The fourth-order valence-electron chi connectivity index (χ4n) is 3.73. The van der Waals surface area contributed by atoms with Crippen molar-refractivity contribution in [3.63, 3.8) is 0 Å². The van der Waals surface area contributed by atoms with E-state index < -0.39 is 5.54 Å². The van der Waals surface area contributed by atoms with Gasteiger partial charge in [-0.25, -0.2) is 0 Å². The van der Waals surface area contributed by atoms with E-state index in [0.717, 1.165) is 29.7 Å². The molecule has 1 aromatic carbocycles. The summed E-state index contributed by atoms with van der Waals surface area (Å²) >= 11 is 7.04. The van der Waals surface area contributed by atoms with Crippen LogP contribution >= 0.6 is 22.9 Å². The van der Waals surface area contributed by atoms with Crippen molar-refractivity contribution in [2.45, 2.75) is 45.2 Å². The number of nitrogens with zero attached hydrogens (tertiary/aromatic N) is 1. The Morgan fingerprint density at radius 3 is 2.62 bits per heavy atom. The van der Waals surface area contributed by atoms with Crippen molar-refractivity contribution in [3.05, 3.63) is 50.7 Å². The van der Waals surface area contributed by atoms with Crippen LogP contribution in [0.5, 0.6) is 0 Å². The number of hydrogen-bond donors (Lipinski definition) is 2. The molecule has 1 aromatic heterocycles. The van der Waals surface area contributed by atoms with Gasteiger partial charge in [-0.1, -0.05) is 11.6 Å². The van der Waals surface area contributed by atoms with E-state index in [9.17, 15) is 14.4 Å². The molecule has 1 aliphatic heterocycles. The number of anilines is 1. The van der Waals surface area contributed by atoms with E-state index in [4.69, 9.17) is 16.3 Å².